The van der Waals surface area contributed by atoms with Gasteiger partial charge in [0.05, 0.1) is 0 Å². The zero-order valence-electron chi connectivity index (χ0n) is 11.3. The van der Waals surface area contributed by atoms with Crippen LogP contribution in [0.5, 0.6) is 0 Å². The van der Waals surface area contributed by atoms with E-state index < -0.39 is 0 Å². The molecule has 1 heteroatoms. The van der Waals surface area contributed by atoms with Gasteiger partial charge in [0.25, 0.3) is 0 Å². The smallest absolute Gasteiger partial charge is 0.0175 e. The minimum atomic E-state index is 1.29. The molecule has 94 valence electrons. The highest BCUT2D eigenvalue weighted by Gasteiger charge is 2.13. The summed E-state index contributed by atoms with van der Waals surface area (Å²) in [5.74, 6) is 0. The normalized spacial score (nSPS) is 19.4. The monoisotopic (exact) mass is 223 g/mol. The molecule has 0 atom stereocenters. The lowest BCUT2D eigenvalue weighted by molar-refractivity contribution is 0.284. The van der Waals surface area contributed by atoms with Crippen molar-refractivity contribution < 1.29 is 0 Å². The summed E-state index contributed by atoms with van der Waals surface area (Å²) in [5, 5.41) is 0. The van der Waals surface area contributed by atoms with E-state index in [2.05, 4.69) is 24.8 Å². The number of allylic oxidation sites excluding steroid dienone is 2. The highest BCUT2D eigenvalue weighted by Crippen LogP contribution is 2.21. The topological polar surface area (TPSA) is 3.24 Å². The predicted octanol–water partition coefficient (Wildman–Crippen LogP) is 4.74. The third-order valence-electron chi connectivity index (χ3n) is 3.49. The highest BCUT2D eigenvalue weighted by molar-refractivity contribution is 5.03. The van der Waals surface area contributed by atoms with Gasteiger partial charge in [-0.05, 0) is 38.5 Å². The maximum atomic E-state index is 2.64. The predicted molar refractivity (Wildman–Crippen MR) is 72.6 cm³/mol. The van der Waals surface area contributed by atoms with Crippen molar-refractivity contribution in [1.29, 1.82) is 0 Å². The van der Waals surface area contributed by atoms with Gasteiger partial charge < -0.3 is 4.90 Å². The van der Waals surface area contributed by atoms with Crippen molar-refractivity contribution in [3.05, 3.63) is 11.8 Å². The van der Waals surface area contributed by atoms with Gasteiger partial charge in [-0.15, -0.1) is 0 Å². The Kier molecular flexibility index (Phi) is 7.37. The minimum absolute atomic E-state index is 1.29. The van der Waals surface area contributed by atoms with E-state index in [1.54, 1.807) is 5.70 Å². The first-order valence-corrected chi connectivity index (χ1v) is 7.32. The van der Waals surface area contributed by atoms with Crippen LogP contribution in [0.25, 0.3) is 0 Å². The average Bonchev–Trinajstić information content (AvgIpc) is 2.33. The first-order valence-electron chi connectivity index (χ1n) is 7.32. The van der Waals surface area contributed by atoms with Gasteiger partial charge >= 0.3 is 0 Å². The molecule has 1 aliphatic heterocycles. The zero-order chi connectivity index (χ0) is 11.6. The van der Waals surface area contributed by atoms with Gasteiger partial charge in [-0.25, -0.2) is 0 Å². The molecule has 1 aliphatic rings. The summed E-state index contributed by atoms with van der Waals surface area (Å²) in [6.07, 6.45) is 14.7. The second-order valence-electron chi connectivity index (χ2n) is 4.99. The first kappa shape index (κ1) is 13.6. The first-order chi connectivity index (χ1) is 7.88. The summed E-state index contributed by atoms with van der Waals surface area (Å²) in [5.41, 5.74) is 1.65. The van der Waals surface area contributed by atoms with Gasteiger partial charge in [-0.2, -0.15) is 0 Å². The molecule has 0 saturated carbocycles. The number of nitrogens with zero attached hydrogens (tertiary/aromatic N) is 1. The fourth-order valence-corrected chi connectivity index (χ4v) is 2.41. The fraction of sp³-hybridized carbons (Fsp3) is 0.867. The van der Waals surface area contributed by atoms with E-state index in [9.17, 15) is 0 Å². The summed E-state index contributed by atoms with van der Waals surface area (Å²) >= 11 is 0. The van der Waals surface area contributed by atoms with Crippen LogP contribution in [-0.4, -0.2) is 18.0 Å². The van der Waals surface area contributed by atoms with Gasteiger partial charge in [0.1, 0.15) is 0 Å². The van der Waals surface area contributed by atoms with Crippen LogP contribution in [0.2, 0.25) is 0 Å². The summed E-state index contributed by atoms with van der Waals surface area (Å²) < 4.78 is 0. The third-order valence-corrected chi connectivity index (χ3v) is 3.49. The summed E-state index contributed by atoms with van der Waals surface area (Å²) in [7, 11) is 0. The molecular weight excluding hydrogens is 194 g/mol. The lowest BCUT2D eigenvalue weighted by atomic mass is 10.0. The van der Waals surface area contributed by atoms with Crippen molar-refractivity contribution in [2.45, 2.75) is 71.6 Å². The van der Waals surface area contributed by atoms with Crippen molar-refractivity contribution in [1.82, 2.24) is 4.90 Å². The average molecular weight is 223 g/mol. The number of piperidine rings is 1. The van der Waals surface area contributed by atoms with E-state index in [1.807, 2.05) is 0 Å². The Bertz CT molecular complexity index is 196. The van der Waals surface area contributed by atoms with Crippen molar-refractivity contribution >= 4 is 0 Å². The molecular formula is C15H29N. The molecule has 1 fully saturated rings. The molecule has 1 heterocycles. The number of hydrogen-bond donors (Lipinski definition) is 0. The second kappa shape index (κ2) is 8.66. The molecule has 0 radical (unpaired) electrons. The van der Waals surface area contributed by atoms with Crippen LogP contribution in [0.4, 0.5) is 0 Å². The van der Waals surface area contributed by atoms with E-state index in [1.165, 1.54) is 70.9 Å². The van der Waals surface area contributed by atoms with E-state index in [0.29, 0.717) is 0 Å². The Hall–Kier alpha value is -0.460. The summed E-state index contributed by atoms with van der Waals surface area (Å²) in [6.45, 7) is 7.16. The molecule has 0 unspecified atom stereocenters. The lowest BCUT2D eigenvalue weighted by Gasteiger charge is -2.32. The van der Waals surface area contributed by atoms with Crippen molar-refractivity contribution in [3.8, 4) is 0 Å². The van der Waals surface area contributed by atoms with Crippen LogP contribution in [0, 0.1) is 0 Å². The van der Waals surface area contributed by atoms with Crippen LogP contribution in [0.1, 0.15) is 71.6 Å². The summed E-state index contributed by atoms with van der Waals surface area (Å²) in [4.78, 5) is 2.64. The SMILES string of the molecule is CCCCCC=C1CCCCN1CCCC. The largest absolute Gasteiger partial charge is 0.375 e. The molecule has 0 N–H and O–H groups in total. The maximum Gasteiger partial charge on any atom is 0.0175 e. The number of likely N-dealkylation sites (tertiary alicyclic amines) is 1. The van der Waals surface area contributed by atoms with Crippen LogP contribution < -0.4 is 0 Å². The number of rotatable bonds is 7. The van der Waals surface area contributed by atoms with Crippen molar-refractivity contribution in [2.24, 2.45) is 0 Å². The Labute approximate surface area is 102 Å². The molecule has 16 heavy (non-hydrogen) atoms. The van der Waals surface area contributed by atoms with Crippen LogP contribution in [0.3, 0.4) is 0 Å². The Morgan fingerprint density at radius 2 is 1.88 bits per heavy atom. The van der Waals surface area contributed by atoms with Gasteiger partial charge in [0.2, 0.25) is 0 Å². The lowest BCUT2D eigenvalue weighted by Crippen LogP contribution is -2.28. The van der Waals surface area contributed by atoms with E-state index in [-0.39, 0.29) is 0 Å². The molecule has 0 amide bonds. The van der Waals surface area contributed by atoms with Crippen molar-refractivity contribution in [3.63, 3.8) is 0 Å². The van der Waals surface area contributed by atoms with Gasteiger partial charge in [-0.1, -0.05) is 39.2 Å². The van der Waals surface area contributed by atoms with E-state index >= 15 is 0 Å². The Morgan fingerprint density at radius 1 is 1.06 bits per heavy atom. The molecule has 0 bridgehead atoms. The zero-order valence-corrected chi connectivity index (χ0v) is 11.3. The van der Waals surface area contributed by atoms with Gasteiger partial charge in [0, 0.05) is 18.8 Å². The molecule has 0 spiro atoms. The Balaban J connectivity index is 2.33. The van der Waals surface area contributed by atoms with E-state index in [0.717, 1.165) is 0 Å². The molecule has 0 aromatic rings. The van der Waals surface area contributed by atoms with E-state index in [4.69, 9.17) is 0 Å². The maximum absolute atomic E-state index is 2.64. The minimum Gasteiger partial charge on any atom is -0.375 e. The van der Waals surface area contributed by atoms with Gasteiger partial charge in [0.15, 0.2) is 0 Å². The van der Waals surface area contributed by atoms with Crippen LogP contribution in [-0.2, 0) is 0 Å². The third kappa shape index (κ3) is 5.05. The van der Waals surface area contributed by atoms with Crippen molar-refractivity contribution in [2.75, 3.05) is 13.1 Å². The number of hydrogen-bond acceptors (Lipinski definition) is 1. The highest BCUT2D eigenvalue weighted by atomic mass is 15.1. The van der Waals surface area contributed by atoms with Gasteiger partial charge in [-0.3, -0.25) is 0 Å². The Morgan fingerprint density at radius 3 is 2.62 bits per heavy atom. The molecule has 0 aromatic heterocycles. The summed E-state index contributed by atoms with van der Waals surface area (Å²) in [6, 6.07) is 0. The molecule has 1 saturated heterocycles. The van der Waals surface area contributed by atoms with Crippen LogP contribution in [0.15, 0.2) is 11.8 Å². The second-order valence-corrected chi connectivity index (χ2v) is 4.99. The number of unbranched alkanes of at least 4 members (excludes halogenated alkanes) is 4. The molecule has 0 aliphatic carbocycles. The standard InChI is InChI=1S/C15H29N/c1-3-5-7-8-11-15-12-9-10-14-16(15)13-6-4-2/h11H,3-10,12-14H2,1-2H3. The molecule has 1 nitrogen and oxygen atoms in total. The quantitative estimate of drug-likeness (QED) is 0.564. The fourth-order valence-electron chi connectivity index (χ4n) is 2.41. The van der Waals surface area contributed by atoms with Crippen LogP contribution >= 0.6 is 0 Å². The molecule has 1 rings (SSSR count). The molecule has 0 aromatic carbocycles.